The Morgan fingerprint density at radius 1 is 1.73 bits per heavy atom. The summed E-state index contributed by atoms with van der Waals surface area (Å²) in [4.78, 5) is 8.45. The van der Waals surface area contributed by atoms with Gasteiger partial charge < -0.3 is 4.89 Å². The predicted molar refractivity (Wildman–Crippen MR) is 41.4 cm³/mol. The van der Waals surface area contributed by atoms with Gasteiger partial charge in [0.25, 0.3) is 0 Å². The summed E-state index contributed by atoms with van der Waals surface area (Å²) in [6, 6.07) is 0. The van der Waals surface area contributed by atoms with E-state index in [1.54, 1.807) is 13.8 Å². The van der Waals surface area contributed by atoms with Gasteiger partial charge in [0, 0.05) is 16.7 Å². The molecule has 0 saturated heterocycles. The van der Waals surface area contributed by atoms with Crippen LogP contribution in [0, 0.1) is 5.41 Å². The van der Waals surface area contributed by atoms with Crippen LogP contribution in [0.2, 0.25) is 0 Å². The van der Waals surface area contributed by atoms with Crippen LogP contribution in [-0.4, -0.2) is 18.2 Å². The van der Waals surface area contributed by atoms with Gasteiger partial charge in [-0.3, -0.25) is 8.91 Å². The molecule has 0 aliphatic carbocycles. The molecule has 68 valence electrons. The van der Waals surface area contributed by atoms with E-state index in [2.05, 4.69) is 4.52 Å². The minimum Gasteiger partial charge on any atom is -0.313 e. The monoisotopic (exact) mass is 204 g/mol. The molecule has 0 amide bonds. The number of hydrogen-bond acceptors (Lipinski definition) is 2. The average molecular weight is 205 g/mol. The molecule has 0 aromatic rings. The second-order valence-corrected chi connectivity index (χ2v) is 5.47. The van der Waals surface area contributed by atoms with E-state index in [4.69, 9.17) is 16.1 Å². The molecule has 0 rings (SSSR count). The Kier molecular flexibility index (Phi) is 3.98. The standard InChI is InChI=1S/C5H11ClFO3P/c1-5(2,3-7)4-10-11(6,8)9/h3-4H2,1-2H3,(H,8,9). The Hall–Kier alpha value is 0.370. The van der Waals surface area contributed by atoms with E-state index in [1.165, 1.54) is 0 Å². The smallest absolute Gasteiger partial charge is 0.313 e. The van der Waals surface area contributed by atoms with Gasteiger partial charge in [-0.1, -0.05) is 13.8 Å². The fourth-order valence-electron chi connectivity index (χ4n) is 0.293. The number of halogens is 2. The third kappa shape index (κ3) is 6.76. The number of alkyl halides is 1. The predicted octanol–water partition coefficient (Wildman–Crippen LogP) is 2.34. The molecule has 0 fully saturated rings. The second kappa shape index (κ2) is 3.85. The van der Waals surface area contributed by atoms with Crippen LogP contribution >= 0.6 is 18.2 Å². The fraction of sp³-hybridized carbons (Fsp3) is 1.00. The van der Waals surface area contributed by atoms with Gasteiger partial charge in [-0.05, 0) is 0 Å². The van der Waals surface area contributed by atoms with Crippen molar-refractivity contribution in [3.8, 4) is 0 Å². The van der Waals surface area contributed by atoms with Gasteiger partial charge in [-0.25, -0.2) is 4.57 Å². The maximum Gasteiger partial charge on any atom is 0.421 e. The van der Waals surface area contributed by atoms with E-state index in [-0.39, 0.29) is 6.61 Å². The minimum atomic E-state index is -3.97. The van der Waals surface area contributed by atoms with E-state index in [0.717, 1.165) is 0 Å². The van der Waals surface area contributed by atoms with E-state index in [9.17, 15) is 8.96 Å². The first-order valence-electron chi connectivity index (χ1n) is 3.00. The van der Waals surface area contributed by atoms with Crippen molar-refractivity contribution in [2.45, 2.75) is 13.8 Å². The van der Waals surface area contributed by atoms with Gasteiger partial charge in [0.15, 0.2) is 0 Å². The zero-order valence-electron chi connectivity index (χ0n) is 6.38. The van der Waals surface area contributed by atoms with Crippen LogP contribution in [0.1, 0.15) is 13.8 Å². The summed E-state index contributed by atoms with van der Waals surface area (Å²) < 4.78 is 26.7. The molecular formula is C5H11ClFO3P. The molecule has 1 atom stereocenters. The Morgan fingerprint density at radius 3 is 2.45 bits per heavy atom. The van der Waals surface area contributed by atoms with Crippen LogP contribution in [0.5, 0.6) is 0 Å². The molecule has 0 aromatic carbocycles. The summed E-state index contributed by atoms with van der Waals surface area (Å²) in [5.41, 5.74) is -0.757. The maximum absolute atomic E-state index is 12.1. The van der Waals surface area contributed by atoms with Crippen molar-refractivity contribution in [2.75, 3.05) is 13.3 Å². The maximum atomic E-state index is 12.1. The first-order valence-corrected chi connectivity index (χ1v) is 5.48. The van der Waals surface area contributed by atoms with Crippen molar-refractivity contribution in [3.63, 3.8) is 0 Å². The lowest BCUT2D eigenvalue weighted by Crippen LogP contribution is -2.20. The van der Waals surface area contributed by atoms with Crippen molar-refractivity contribution in [1.82, 2.24) is 0 Å². The third-order valence-electron chi connectivity index (χ3n) is 0.976. The van der Waals surface area contributed by atoms with Gasteiger partial charge in [0.05, 0.1) is 13.3 Å². The average Bonchev–Trinajstić information content (AvgIpc) is 1.83. The number of hydrogen-bond donors (Lipinski definition) is 1. The molecule has 0 bridgehead atoms. The zero-order valence-corrected chi connectivity index (χ0v) is 8.03. The first kappa shape index (κ1) is 11.4. The van der Waals surface area contributed by atoms with E-state index in [1.807, 2.05) is 0 Å². The van der Waals surface area contributed by atoms with Crippen molar-refractivity contribution in [3.05, 3.63) is 0 Å². The minimum absolute atomic E-state index is 0.166. The fourth-order valence-corrected chi connectivity index (χ4v) is 0.948. The molecule has 0 heterocycles. The molecule has 11 heavy (non-hydrogen) atoms. The van der Waals surface area contributed by atoms with Gasteiger partial charge in [-0.2, -0.15) is 0 Å². The second-order valence-electron chi connectivity index (χ2n) is 3.02. The molecule has 1 N–H and O–H groups in total. The molecule has 0 aliphatic heterocycles. The largest absolute Gasteiger partial charge is 0.421 e. The van der Waals surface area contributed by atoms with Crippen molar-refractivity contribution in [1.29, 1.82) is 0 Å². The van der Waals surface area contributed by atoms with Gasteiger partial charge in [-0.15, -0.1) is 0 Å². The molecule has 3 nitrogen and oxygen atoms in total. The lowest BCUT2D eigenvalue weighted by atomic mass is 9.98. The summed E-state index contributed by atoms with van der Waals surface area (Å²) in [7, 11) is 0. The molecular weight excluding hydrogens is 193 g/mol. The first-order chi connectivity index (χ1) is 4.77. The van der Waals surface area contributed by atoms with Gasteiger partial charge >= 0.3 is 6.95 Å². The van der Waals surface area contributed by atoms with Crippen LogP contribution in [0.4, 0.5) is 4.39 Å². The molecule has 0 aromatic heterocycles. The highest BCUT2D eigenvalue weighted by atomic mass is 35.7. The number of rotatable bonds is 4. The van der Waals surface area contributed by atoms with E-state index in [0.29, 0.717) is 0 Å². The Labute approximate surface area is 69.8 Å². The molecule has 0 radical (unpaired) electrons. The highest BCUT2D eigenvalue weighted by Gasteiger charge is 2.23. The van der Waals surface area contributed by atoms with Crippen LogP contribution in [0.25, 0.3) is 0 Å². The van der Waals surface area contributed by atoms with Gasteiger partial charge in [0.1, 0.15) is 0 Å². The summed E-state index contributed by atoms with van der Waals surface area (Å²) in [5.74, 6) is 0. The normalized spacial score (nSPS) is 17.9. The Balaban J connectivity index is 3.80. The summed E-state index contributed by atoms with van der Waals surface area (Å²) in [6.45, 7) is -1.62. The molecule has 6 heteroatoms. The molecule has 0 saturated carbocycles. The third-order valence-corrected chi connectivity index (χ3v) is 1.72. The Morgan fingerprint density at radius 2 is 2.18 bits per heavy atom. The quantitative estimate of drug-likeness (QED) is 0.715. The Bertz CT molecular complexity index is 167. The topological polar surface area (TPSA) is 46.5 Å². The SMILES string of the molecule is CC(C)(CF)COP(=O)(O)Cl. The van der Waals surface area contributed by atoms with Crippen LogP contribution in [-0.2, 0) is 9.09 Å². The lowest BCUT2D eigenvalue weighted by Gasteiger charge is -2.19. The van der Waals surface area contributed by atoms with E-state index < -0.39 is 19.0 Å². The van der Waals surface area contributed by atoms with Crippen molar-refractivity contribution in [2.24, 2.45) is 5.41 Å². The highest BCUT2D eigenvalue weighted by Crippen LogP contribution is 2.48. The van der Waals surface area contributed by atoms with Crippen LogP contribution < -0.4 is 0 Å². The van der Waals surface area contributed by atoms with Crippen LogP contribution in [0.3, 0.4) is 0 Å². The lowest BCUT2D eigenvalue weighted by molar-refractivity contribution is 0.137. The molecule has 0 aliphatic rings. The molecule has 0 spiro atoms. The zero-order chi connectivity index (χ0) is 9.12. The summed E-state index contributed by atoms with van der Waals surface area (Å²) >= 11 is 4.86. The summed E-state index contributed by atoms with van der Waals surface area (Å²) in [5, 5.41) is 0. The van der Waals surface area contributed by atoms with Crippen LogP contribution in [0.15, 0.2) is 0 Å². The van der Waals surface area contributed by atoms with Gasteiger partial charge in [0.2, 0.25) is 0 Å². The summed E-state index contributed by atoms with van der Waals surface area (Å²) in [6.07, 6.45) is 0. The van der Waals surface area contributed by atoms with E-state index >= 15 is 0 Å². The van der Waals surface area contributed by atoms with Crippen molar-refractivity contribution >= 4 is 18.2 Å². The molecule has 1 unspecified atom stereocenters. The van der Waals surface area contributed by atoms with Crippen molar-refractivity contribution < 1.29 is 18.4 Å². The highest BCUT2D eigenvalue weighted by molar-refractivity contribution is 7.80.